The Morgan fingerprint density at radius 1 is 1.50 bits per heavy atom. The first-order chi connectivity index (χ1) is 7.34. The van der Waals surface area contributed by atoms with Gasteiger partial charge in [-0.1, -0.05) is 22.9 Å². The van der Waals surface area contributed by atoms with Crippen molar-refractivity contribution in [2.75, 3.05) is 0 Å². The molecule has 1 unspecified atom stereocenters. The Bertz CT molecular complexity index is 430. The van der Waals surface area contributed by atoms with Crippen molar-refractivity contribution in [3.63, 3.8) is 0 Å². The van der Waals surface area contributed by atoms with Crippen LogP contribution in [0.4, 0.5) is 4.39 Å². The van der Waals surface area contributed by atoms with Crippen LogP contribution in [0.25, 0.3) is 0 Å². The van der Waals surface area contributed by atoms with Gasteiger partial charge in [0.25, 0.3) is 0 Å². The number of hydrogen-bond donors (Lipinski definition) is 1. The van der Waals surface area contributed by atoms with E-state index >= 15 is 0 Å². The summed E-state index contributed by atoms with van der Waals surface area (Å²) in [7, 11) is 0. The first-order valence-electron chi connectivity index (χ1n) is 5.01. The minimum absolute atomic E-state index is 0.262. The summed E-state index contributed by atoms with van der Waals surface area (Å²) in [4.78, 5) is 10.7. The molecule has 1 N–H and O–H groups in total. The van der Waals surface area contributed by atoms with E-state index in [1.54, 1.807) is 26.8 Å². The van der Waals surface area contributed by atoms with E-state index in [4.69, 9.17) is 5.11 Å². The van der Waals surface area contributed by atoms with Crippen LogP contribution in [0.2, 0.25) is 0 Å². The molecule has 0 radical (unpaired) electrons. The lowest BCUT2D eigenvalue weighted by molar-refractivity contribution is -0.141. The van der Waals surface area contributed by atoms with Crippen molar-refractivity contribution in [2.24, 2.45) is 5.92 Å². The Labute approximate surface area is 103 Å². The number of carboxylic acids is 1. The minimum Gasteiger partial charge on any atom is -0.481 e. The maximum absolute atomic E-state index is 13.7. The third-order valence-corrected chi connectivity index (χ3v) is 3.57. The van der Waals surface area contributed by atoms with Crippen LogP contribution in [0.15, 0.2) is 10.5 Å². The molecule has 88 valence electrons. The van der Waals surface area contributed by atoms with Crippen LogP contribution in [0.5, 0.6) is 0 Å². The highest BCUT2D eigenvalue weighted by molar-refractivity contribution is 9.10. The number of hydrogen-bond acceptors (Lipinski definition) is 1. The highest BCUT2D eigenvalue weighted by atomic mass is 79.9. The molecule has 0 aliphatic heterocycles. The zero-order valence-corrected chi connectivity index (χ0v) is 11.1. The quantitative estimate of drug-likeness (QED) is 0.925. The van der Waals surface area contributed by atoms with Crippen molar-refractivity contribution >= 4 is 21.9 Å². The monoisotopic (exact) mass is 288 g/mol. The summed E-state index contributed by atoms with van der Waals surface area (Å²) >= 11 is 3.27. The molecule has 0 saturated carbocycles. The molecule has 0 spiro atoms. The Balaban J connectivity index is 3.11. The van der Waals surface area contributed by atoms with Crippen molar-refractivity contribution in [1.82, 2.24) is 0 Å². The molecular formula is C12H14BrFO2. The fraction of sp³-hybridized carbons (Fsp3) is 0.417. The standard InChI is InChI=1S/C12H14BrFO2/c1-6(12(15)16)4-9-5-10(13)8(3)11(14)7(9)2/h5-6H,4H2,1-3H3,(H,15,16). The van der Waals surface area contributed by atoms with Crippen LogP contribution in [0.1, 0.15) is 23.6 Å². The molecule has 4 heteroatoms. The van der Waals surface area contributed by atoms with Crippen molar-refractivity contribution in [3.05, 3.63) is 33.0 Å². The van der Waals surface area contributed by atoms with E-state index in [9.17, 15) is 9.18 Å². The number of carbonyl (C=O) groups is 1. The maximum atomic E-state index is 13.7. The predicted octanol–water partition coefficient (Wildman–Crippen LogP) is 3.47. The fourth-order valence-corrected chi connectivity index (χ4v) is 1.98. The Morgan fingerprint density at radius 3 is 2.56 bits per heavy atom. The van der Waals surface area contributed by atoms with Gasteiger partial charge in [0.15, 0.2) is 0 Å². The second-order valence-corrected chi connectivity index (χ2v) is 4.88. The van der Waals surface area contributed by atoms with E-state index in [1.165, 1.54) is 0 Å². The summed E-state index contributed by atoms with van der Waals surface area (Å²) in [5.41, 5.74) is 1.84. The van der Waals surface area contributed by atoms with E-state index in [2.05, 4.69) is 15.9 Å². The number of aliphatic carboxylic acids is 1. The van der Waals surface area contributed by atoms with Crippen LogP contribution in [-0.4, -0.2) is 11.1 Å². The van der Waals surface area contributed by atoms with Gasteiger partial charge in [-0.05, 0) is 43.0 Å². The molecule has 0 fully saturated rings. The van der Waals surface area contributed by atoms with Gasteiger partial charge in [0.1, 0.15) is 5.82 Å². The van der Waals surface area contributed by atoms with Gasteiger partial charge in [0, 0.05) is 4.47 Å². The number of carboxylic acid groups (broad SMARTS) is 1. The second-order valence-electron chi connectivity index (χ2n) is 4.02. The molecule has 16 heavy (non-hydrogen) atoms. The summed E-state index contributed by atoms with van der Waals surface area (Å²) in [5.74, 6) is -1.63. The van der Waals surface area contributed by atoms with Gasteiger partial charge in [-0.3, -0.25) is 4.79 Å². The molecule has 2 nitrogen and oxygen atoms in total. The Morgan fingerprint density at radius 2 is 2.06 bits per heavy atom. The third kappa shape index (κ3) is 2.61. The summed E-state index contributed by atoms with van der Waals surface area (Å²) in [6.07, 6.45) is 0.344. The van der Waals surface area contributed by atoms with Gasteiger partial charge >= 0.3 is 5.97 Å². The summed E-state index contributed by atoms with van der Waals surface area (Å²) in [6.45, 7) is 4.99. The second kappa shape index (κ2) is 4.95. The van der Waals surface area contributed by atoms with Crippen LogP contribution in [-0.2, 0) is 11.2 Å². The SMILES string of the molecule is Cc1c(Br)cc(CC(C)C(=O)O)c(C)c1F. The summed E-state index contributed by atoms with van der Waals surface area (Å²) in [6, 6.07) is 1.80. The van der Waals surface area contributed by atoms with Crippen molar-refractivity contribution in [3.8, 4) is 0 Å². The average molecular weight is 289 g/mol. The Hall–Kier alpha value is -0.900. The van der Waals surface area contributed by atoms with E-state index < -0.39 is 11.9 Å². The first kappa shape index (κ1) is 13.2. The molecule has 0 aromatic heterocycles. The molecule has 1 aromatic rings. The van der Waals surface area contributed by atoms with Crippen LogP contribution < -0.4 is 0 Å². The lowest BCUT2D eigenvalue weighted by Gasteiger charge is -2.13. The molecule has 0 aliphatic rings. The van der Waals surface area contributed by atoms with Gasteiger partial charge in [0.05, 0.1) is 5.92 Å². The van der Waals surface area contributed by atoms with E-state index in [0.717, 1.165) is 5.56 Å². The highest BCUT2D eigenvalue weighted by Gasteiger charge is 2.16. The zero-order valence-electron chi connectivity index (χ0n) is 9.47. The molecule has 1 rings (SSSR count). The average Bonchev–Trinajstić information content (AvgIpc) is 2.22. The topological polar surface area (TPSA) is 37.3 Å². The molecule has 0 aliphatic carbocycles. The van der Waals surface area contributed by atoms with Gasteiger partial charge < -0.3 is 5.11 Å². The van der Waals surface area contributed by atoms with E-state index in [-0.39, 0.29) is 5.82 Å². The largest absolute Gasteiger partial charge is 0.481 e. The smallest absolute Gasteiger partial charge is 0.306 e. The number of benzene rings is 1. The summed E-state index contributed by atoms with van der Waals surface area (Å²) < 4.78 is 14.4. The third-order valence-electron chi connectivity index (χ3n) is 2.75. The maximum Gasteiger partial charge on any atom is 0.306 e. The predicted molar refractivity (Wildman–Crippen MR) is 64.1 cm³/mol. The lowest BCUT2D eigenvalue weighted by Crippen LogP contribution is -2.13. The molecule has 0 amide bonds. The van der Waals surface area contributed by atoms with Crippen LogP contribution in [0.3, 0.4) is 0 Å². The summed E-state index contributed by atoms with van der Waals surface area (Å²) in [5, 5.41) is 8.82. The number of rotatable bonds is 3. The lowest BCUT2D eigenvalue weighted by atomic mass is 9.96. The first-order valence-corrected chi connectivity index (χ1v) is 5.80. The number of halogens is 2. The normalized spacial score (nSPS) is 12.6. The van der Waals surface area contributed by atoms with Crippen LogP contribution in [0, 0.1) is 25.6 Å². The fourth-order valence-electron chi connectivity index (χ4n) is 1.53. The Kier molecular flexibility index (Phi) is 4.08. The molecular weight excluding hydrogens is 275 g/mol. The minimum atomic E-state index is -0.864. The van der Waals surface area contributed by atoms with E-state index in [0.29, 0.717) is 22.0 Å². The molecule has 0 heterocycles. The van der Waals surface area contributed by atoms with Crippen molar-refractivity contribution < 1.29 is 14.3 Å². The van der Waals surface area contributed by atoms with Crippen molar-refractivity contribution in [1.29, 1.82) is 0 Å². The molecule has 1 aromatic carbocycles. The molecule has 0 bridgehead atoms. The van der Waals surface area contributed by atoms with Gasteiger partial charge in [-0.25, -0.2) is 4.39 Å². The van der Waals surface area contributed by atoms with Gasteiger partial charge in [0.2, 0.25) is 0 Å². The van der Waals surface area contributed by atoms with Gasteiger partial charge in [-0.15, -0.1) is 0 Å². The molecule has 1 atom stereocenters. The van der Waals surface area contributed by atoms with E-state index in [1.807, 2.05) is 0 Å². The van der Waals surface area contributed by atoms with Crippen molar-refractivity contribution in [2.45, 2.75) is 27.2 Å². The van der Waals surface area contributed by atoms with Crippen LogP contribution >= 0.6 is 15.9 Å². The highest BCUT2D eigenvalue weighted by Crippen LogP contribution is 2.26. The zero-order chi connectivity index (χ0) is 12.5. The van der Waals surface area contributed by atoms with Gasteiger partial charge in [-0.2, -0.15) is 0 Å². The molecule has 0 saturated heterocycles.